The molecule has 0 aromatic carbocycles. The minimum absolute atomic E-state index is 0.0845. The molecule has 0 aliphatic carbocycles. The van der Waals surface area contributed by atoms with E-state index in [0.29, 0.717) is 24.4 Å². The van der Waals surface area contributed by atoms with E-state index in [1.807, 2.05) is 0 Å². The fourth-order valence-electron chi connectivity index (χ4n) is 3.69. The van der Waals surface area contributed by atoms with E-state index in [4.69, 9.17) is 11.6 Å². The van der Waals surface area contributed by atoms with E-state index in [2.05, 4.69) is 10.4 Å². The zero-order chi connectivity index (χ0) is 16.8. The maximum absolute atomic E-state index is 12.8. The highest BCUT2D eigenvalue weighted by molar-refractivity contribution is 6.34. The van der Waals surface area contributed by atoms with Crippen LogP contribution in [0, 0.1) is 12.3 Å². The number of likely N-dealkylation sites (tertiary alicyclic amines) is 1. The smallest absolute Gasteiger partial charge is 0.313 e. The Morgan fingerprint density at radius 3 is 2.83 bits per heavy atom. The summed E-state index contributed by atoms with van der Waals surface area (Å²) < 4.78 is 1.57. The number of nitrogens with one attached hydrogen (secondary N) is 1. The number of carbonyl (C=O) groups is 2. The standard InChI is InChI=1S/C15H21ClN4O3/c1-9-11(16)12(18-19(9)2)13(21)20-7-4-10-15(8-20,14(22)23)5-3-6-17-10/h10,17H,3-8H2,1-2H3,(H,22,23)/t10-,15+/m0/s1. The minimum atomic E-state index is -0.914. The number of carboxylic acid groups (broad SMARTS) is 1. The molecule has 2 atom stereocenters. The number of amides is 1. The maximum Gasteiger partial charge on any atom is 0.313 e. The molecule has 8 heteroatoms. The van der Waals surface area contributed by atoms with Gasteiger partial charge in [0.15, 0.2) is 5.69 Å². The van der Waals surface area contributed by atoms with E-state index in [1.165, 1.54) is 0 Å². The van der Waals surface area contributed by atoms with Crippen LogP contribution in [0.15, 0.2) is 0 Å². The predicted molar refractivity (Wildman–Crippen MR) is 84.6 cm³/mol. The first-order valence-corrected chi connectivity index (χ1v) is 8.20. The zero-order valence-electron chi connectivity index (χ0n) is 13.3. The molecule has 2 fully saturated rings. The highest BCUT2D eigenvalue weighted by Crippen LogP contribution is 2.38. The Kier molecular flexibility index (Phi) is 4.10. The summed E-state index contributed by atoms with van der Waals surface area (Å²) >= 11 is 6.20. The number of carbonyl (C=O) groups excluding carboxylic acids is 1. The number of piperidine rings is 2. The summed E-state index contributed by atoms with van der Waals surface area (Å²) in [5.41, 5.74) is 0.00856. The average molecular weight is 341 g/mol. The van der Waals surface area contributed by atoms with Gasteiger partial charge in [0, 0.05) is 26.2 Å². The van der Waals surface area contributed by atoms with Crippen LogP contribution in [0.1, 0.15) is 35.4 Å². The Hall–Kier alpha value is -1.60. The van der Waals surface area contributed by atoms with Crippen molar-refractivity contribution in [2.45, 2.75) is 32.2 Å². The van der Waals surface area contributed by atoms with Crippen LogP contribution in [0.25, 0.3) is 0 Å². The number of aromatic nitrogens is 2. The molecule has 2 aliphatic rings. The Balaban J connectivity index is 1.88. The molecule has 2 aliphatic heterocycles. The van der Waals surface area contributed by atoms with Crippen molar-refractivity contribution in [3.05, 3.63) is 16.4 Å². The van der Waals surface area contributed by atoms with E-state index in [9.17, 15) is 14.7 Å². The SMILES string of the molecule is Cc1c(Cl)c(C(=O)N2CC[C@@H]3NCCC[C@@]3(C(=O)O)C2)nn1C. The first-order valence-electron chi connectivity index (χ1n) is 7.82. The second kappa shape index (κ2) is 5.79. The van der Waals surface area contributed by atoms with Gasteiger partial charge in [-0.3, -0.25) is 14.3 Å². The summed E-state index contributed by atoms with van der Waals surface area (Å²) in [5.74, 6) is -1.13. The average Bonchev–Trinajstić information content (AvgIpc) is 2.81. The first-order chi connectivity index (χ1) is 10.9. The van der Waals surface area contributed by atoms with Crippen LogP contribution < -0.4 is 5.32 Å². The lowest BCUT2D eigenvalue weighted by atomic mass is 9.70. The number of hydrogen-bond donors (Lipinski definition) is 2. The molecular weight excluding hydrogens is 320 g/mol. The molecule has 126 valence electrons. The summed E-state index contributed by atoms with van der Waals surface area (Å²) in [4.78, 5) is 26.3. The van der Waals surface area contributed by atoms with Crippen molar-refractivity contribution in [3.8, 4) is 0 Å². The van der Waals surface area contributed by atoms with Crippen LogP contribution in [0.2, 0.25) is 5.02 Å². The van der Waals surface area contributed by atoms with Crippen LogP contribution in [-0.2, 0) is 11.8 Å². The molecule has 2 saturated heterocycles. The van der Waals surface area contributed by atoms with E-state index < -0.39 is 11.4 Å². The van der Waals surface area contributed by atoms with Gasteiger partial charge in [0.25, 0.3) is 5.91 Å². The van der Waals surface area contributed by atoms with Gasteiger partial charge >= 0.3 is 5.97 Å². The lowest BCUT2D eigenvalue weighted by Crippen LogP contribution is -2.63. The molecule has 0 spiro atoms. The van der Waals surface area contributed by atoms with Crippen molar-refractivity contribution in [1.29, 1.82) is 0 Å². The van der Waals surface area contributed by atoms with E-state index in [1.54, 1.807) is 23.6 Å². The largest absolute Gasteiger partial charge is 0.481 e. The molecule has 0 radical (unpaired) electrons. The molecule has 3 heterocycles. The lowest BCUT2D eigenvalue weighted by molar-refractivity contribution is -0.156. The summed E-state index contributed by atoms with van der Waals surface area (Å²) in [7, 11) is 1.73. The highest BCUT2D eigenvalue weighted by atomic mass is 35.5. The van der Waals surface area contributed by atoms with Gasteiger partial charge in [0.1, 0.15) is 5.41 Å². The second-order valence-electron chi connectivity index (χ2n) is 6.46. The van der Waals surface area contributed by atoms with Crippen molar-refractivity contribution in [2.24, 2.45) is 12.5 Å². The van der Waals surface area contributed by atoms with E-state index >= 15 is 0 Å². The van der Waals surface area contributed by atoms with E-state index in [0.717, 1.165) is 18.7 Å². The molecule has 0 unspecified atom stereocenters. The number of fused-ring (bicyclic) bond motifs is 1. The Morgan fingerprint density at radius 1 is 1.48 bits per heavy atom. The molecule has 1 aromatic rings. The van der Waals surface area contributed by atoms with Crippen LogP contribution >= 0.6 is 11.6 Å². The second-order valence-corrected chi connectivity index (χ2v) is 6.84. The maximum atomic E-state index is 12.8. The first kappa shape index (κ1) is 16.3. The third-order valence-corrected chi connectivity index (χ3v) is 5.65. The van der Waals surface area contributed by atoms with Gasteiger partial charge in [-0.25, -0.2) is 0 Å². The van der Waals surface area contributed by atoms with Crippen molar-refractivity contribution in [2.75, 3.05) is 19.6 Å². The number of aryl methyl sites for hydroxylation is 1. The van der Waals surface area contributed by atoms with Gasteiger partial charge in [0.05, 0.1) is 10.7 Å². The predicted octanol–water partition coefficient (Wildman–Crippen LogP) is 1.05. The zero-order valence-corrected chi connectivity index (χ0v) is 14.1. The number of nitrogens with zero attached hydrogens (tertiary/aromatic N) is 3. The van der Waals surface area contributed by atoms with Gasteiger partial charge in [-0.1, -0.05) is 11.6 Å². The van der Waals surface area contributed by atoms with Crippen LogP contribution in [0.3, 0.4) is 0 Å². The monoisotopic (exact) mass is 340 g/mol. The number of halogens is 1. The Morgan fingerprint density at radius 2 is 2.22 bits per heavy atom. The van der Waals surface area contributed by atoms with Gasteiger partial charge < -0.3 is 15.3 Å². The molecule has 2 N–H and O–H groups in total. The topological polar surface area (TPSA) is 87.5 Å². The van der Waals surface area contributed by atoms with Gasteiger partial charge in [-0.2, -0.15) is 5.10 Å². The lowest BCUT2D eigenvalue weighted by Gasteiger charge is -2.48. The van der Waals surface area contributed by atoms with Crippen molar-refractivity contribution in [3.63, 3.8) is 0 Å². The van der Waals surface area contributed by atoms with Crippen LogP contribution in [0.4, 0.5) is 0 Å². The van der Waals surface area contributed by atoms with Gasteiger partial charge in [-0.05, 0) is 32.7 Å². The molecule has 3 rings (SSSR count). The van der Waals surface area contributed by atoms with Crippen LogP contribution in [-0.4, -0.2) is 57.3 Å². The quantitative estimate of drug-likeness (QED) is 0.840. The summed E-state index contributed by atoms with van der Waals surface area (Å²) in [5, 5.41) is 17.6. The van der Waals surface area contributed by atoms with Crippen molar-refractivity contribution in [1.82, 2.24) is 20.0 Å². The van der Waals surface area contributed by atoms with Crippen molar-refractivity contribution >= 4 is 23.5 Å². The summed E-state index contributed by atoms with van der Waals surface area (Å²) in [6.07, 6.45) is 2.01. The minimum Gasteiger partial charge on any atom is -0.481 e. The number of hydrogen-bond acceptors (Lipinski definition) is 4. The molecule has 7 nitrogen and oxygen atoms in total. The Bertz CT molecular complexity index is 659. The summed E-state index contributed by atoms with van der Waals surface area (Å²) in [6.45, 7) is 3.34. The molecular formula is C15H21ClN4O3. The number of rotatable bonds is 2. The highest BCUT2D eigenvalue weighted by Gasteiger charge is 2.51. The normalized spacial score (nSPS) is 27.6. The molecule has 23 heavy (non-hydrogen) atoms. The summed E-state index contributed by atoms with van der Waals surface area (Å²) in [6, 6.07) is -0.0845. The van der Waals surface area contributed by atoms with Crippen molar-refractivity contribution < 1.29 is 14.7 Å². The fourth-order valence-corrected chi connectivity index (χ4v) is 3.93. The van der Waals surface area contributed by atoms with Gasteiger partial charge in [0.2, 0.25) is 0 Å². The fraction of sp³-hybridized carbons (Fsp3) is 0.667. The third kappa shape index (κ3) is 2.52. The van der Waals surface area contributed by atoms with E-state index in [-0.39, 0.29) is 24.2 Å². The third-order valence-electron chi connectivity index (χ3n) is 5.19. The van der Waals surface area contributed by atoms with Crippen LogP contribution in [0.5, 0.6) is 0 Å². The number of carboxylic acids is 1. The number of aliphatic carboxylic acids is 1. The molecule has 1 amide bonds. The Labute approximate surface area is 139 Å². The molecule has 1 aromatic heterocycles. The van der Waals surface area contributed by atoms with Gasteiger partial charge in [-0.15, -0.1) is 0 Å². The molecule has 0 bridgehead atoms. The molecule has 0 saturated carbocycles.